The van der Waals surface area contributed by atoms with Gasteiger partial charge in [-0.15, -0.1) is 0 Å². The van der Waals surface area contributed by atoms with E-state index in [-0.39, 0.29) is 0 Å². The molecule has 4 heteroatoms. The van der Waals surface area contributed by atoms with Crippen LogP contribution in [0, 0.1) is 0 Å². The lowest BCUT2D eigenvalue weighted by molar-refractivity contribution is 0.904. The van der Waals surface area contributed by atoms with E-state index in [1.807, 2.05) is 0 Å². The van der Waals surface area contributed by atoms with Crippen molar-refractivity contribution >= 4 is 16.8 Å². The molecule has 0 aliphatic rings. The van der Waals surface area contributed by atoms with E-state index in [4.69, 9.17) is 17.3 Å². The van der Waals surface area contributed by atoms with Crippen molar-refractivity contribution in [1.29, 1.82) is 0 Å². The number of hydrogen-bond acceptors (Lipinski definition) is 3. The number of nitrogens with one attached hydrogen (secondary N) is 1. The van der Waals surface area contributed by atoms with E-state index in [0.717, 1.165) is 0 Å². The van der Waals surface area contributed by atoms with Crippen LogP contribution < -0.4 is 11.2 Å². The fourth-order valence-electron chi connectivity index (χ4n) is 0.282. The van der Waals surface area contributed by atoms with Gasteiger partial charge in [0.2, 0.25) is 0 Å². The molecule has 0 radical (unpaired) electrons. The van der Waals surface area contributed by atoms with E-state index in [1.54, 1.807) is 20.0 Å². The molecule has 0 rings (SSSR count). The molecule has 0 saturated heterocycles. The van der Waals surface area contributed by atoms with Crippen LogP contribution in [0.3, 0.4) is 0 Å². The van der Waals surface area contributed by atoms with Crippen molar-refractivity contribution in [2.45, 2.75) is 6.92 Å². The van der Waals surface area contributed by atoms with Crippen LogP contribution >= 0.6 is 11.6 Å². The van der Waals surface area contributed by atoms with Crippen LogP contribution in [-0.2, 0) is 0 Å². The van der Waals surface area contributed by atoms with Gasteiger partial charge in [0, 0.05) is 7.05 Å². The zero-order chi connectivity index (χ0) is 7.28. The highest BCUT2D eigenvalue weighted by Crippen LogP contribution is 1.92. The average molecular weight is 148 g/mol. The van der Waals surface area contributed by atoms with E-state index in [9.17, 15) is 0 Å². The van der Waals surface area contributed by atoms with E-state index < -0.39 is 0 Å². The third kappa shape index (κ3) is 2.98. The van der Waals surface area contributed by atoms with Gasteiger partial charge in [0.25, 0.3) is 0 Å². The number of halogens is 1. The minimum Gasteiger partial charge on any atom is -0.396 e. The van der Waals surface area contributed by atoms with Crippen LogP contribution in [0.1, 0.15) is 6.92 Å². The Morgan fingerprint density at radius 3 is 2.67 bits per heavy atom. The van der Waals surface area contributed by atoms with E-state index in [1.165, 1.54) is 0 Å². The fourth-order valence-corrected chi connectivity index (χ4v) is 0.475. The molecule has 0 saturated carbocycles. The van der Waals surface area contributed by atoms with Gasteiger partial charge in [-0.1, -0.05) is 17.7 Å². The van der Waals surface area contributed by atoms with E-state index in [0.29, 0.717) is 10.9 Å². The summed E-state index contributed by atoms with van der Waals surface area (Å²) in [7, 11) is 1.66. The van der Waals surface area contributed by atoms with Crippen LogP contribution in [0.15, 0.2) is 16.9 Å². The highest BCUT2D eigenvalue weighted by molar-refractivity contribution is 6.69. The van der Waals surface area contributed by atoms with E-state index >= 15 is 0 Å². The van der Waals surface area contributed by atoms with Gasteiger partial charge in [-0.25, -0.2) is 0 Å². The monoisotopic (exact) mass is 147 g/mol. The number of nitrogens with two attached hydrogens (primary N) is 1. The molecule has 0 fully saturated rings. The van der Waals surface area contributed by atoms with Gasteiger partial charge < -0.3 is 11.2 Å². The Balaban J connectivity index is 4.03. The topological polar surface area (TPSA) is 50.4 Å². The molecule has 0 aromatic heterocycles. The quantitative estimate of drug-likeness (QED) is 0.445. The number of nitrogens with zero attached hydrogens (tertiary/aromatic N) is 1. The minimum atomic E-state index is 0.292. The summed E-state index contributed by atoms with van der Waals surface area (Å²) in [6.45, 7) is 1.79. The zero-order valence-electron chi connectivity index (χ0n) is 5.48. The Kier molecular flexibility index (Phi) is 3.88. The second-order valence-electron chi connectivity index (χ2n) is 1.37. The Bertz CT molecular complexity index is 139. The molecule has 0 aromatic carbocycles. The van der Waals surface area contributed by atoms with Crippen molar-refractivity contribution in [3.8, 4) is 0 Å². The summed E-state index contributed by atoms with van der Waals surface area (Å²) >= 11 is 5.53. The first-order valence-electron chi connectivity index (χ1n) is 2.54. The van der Waals surface area contributed by atoms with Crippen molar-refractivity contribution in [3.63, 3.8) is 0 Å². The summed E-state index contributed by atoms with van der Waals surface area (Å²) < 4.78 is 0. The maximum Gasteiger partial charge on any atom is 0.171 e. The molecule has 0 aromatic rings. The fraction of sp³-hybridized carbons (Fsp3) is 0.400. The van der Waals surface area contributed by atoms with Gasteiger partial charge in [0.05, 0.1) is 5.70 Å². The third-order valence-electron chi connectivity index (χ3n) is 0.759. The summed E-state index contributed by atoms with van der Waals surface area (Å²) in [5.41, 5.74) is 8.36. The number of hydrazone groups is 1. The maximum atomic E-state index is 5.53. The highest BCUT2D eigenvalue weighted by atomic mass is 35.5. The molecule has 0 amide bonds. The van der Waals surface area contributed by atoms with Gasteiger partial charge in [-0.3, -0.25) is 0 Å². The third-order valence-corrected chi connectivity index (χ3v) is 1.06. The lowest BCUT2D eigenvalue weighted by Crippen LogP contribution is -2.08. The Morgan fingerprint density at radius 1 is 1.78 bits per heavy atom. The Labute approximate surface area is 59.6 Å². The predicted molar refractivity (Wildman–Crippen MR) is 40.3 cm³/mol. The molecule has 0 heterocycles. The number of allylic oxidation sites excluding steroid dienone is 2. The van der Waals surface area contributed by atoms with Crippen LogP contribution in [0.4, 0.5) is 0 Å². The van der Waals surface area contributed by atoms with Crippen LogP contribution in [0.2, 0.25) is 0 Å². The molecule has 0 atom stereocenters. The van der Waals surface area contributed by atoms with Gasteiger partial charge >= 0.3 is 0 Å². The van der Waals surface area contributed by atoms with E-state index in [2.05, 4.69) is 10.5 Å². The second kappa shape index (κ2) is 4.21. The molecule has 3 nitrogen and oxygen atoms in total. The molecular weight excluding hydrogens is 138 g/mol. The standard InChI is InChI=1S/C5H10ClN3/c1-3-4(7)5(6)9-8-2/h3,8H,7H2,1-2H3/b4-3+,9-5+. The second-order valence-corrected chi connectivity index (χ2v) is 1.73. The van der Waals surface area contributed by atoms with Gasteiger partial charge in [0.1, 0.15) is 0 Å². The molecule has 0 aliphatic heterocycles. The molecule has 9 heavy (non-hydrogen) atoms. The van der Waals surface area contributed by atoms with Crippen molar-refractivity contribution in [3.05, 3.63) is 11.8 Å². The summed E-state index contributed by atoms with van der Waals surface area (Å²) in [6, 6.07) is 0. The SMILES string of the molecule is C/C=C(N)\C(Cl)=N/NC. The molecule has 3 N–H and O–H groups in total. The Hall–Kier alpha value is -0.700. The van der Waals surface area contributed by atoms with Gasteiger partial charge in [0.15, 0.2) is 5.17 Å². The summed E-state index contributed by atoms with van der Waals surface area (Å²) in [5.74, 6) is 0. The van der Waals surface area contributed by atoms with Crippen LogP contribution in [0.25, 0.3) is 0 Å². The highest BCUT2D eigenvalue weighted by Gasteiger charge is 1.93. The lowest BCUT2D eigenvalue weighted by Gasteiger charge is -1.94. The van der Waals surface area contributed by atoms with Gasteiger partial charge in [-0.2, -0.15) is 5.10 Å². The largest absolute Gasteiger partial charge is 0.396 e. The molecular formula is C5H10ClN3. The number of hydrogen-bond donors (Lipinski definition) is 2. The smallest absolute Gasteiger partial charge is 0.171 e. The zero-order valence-corrected chi connectivity index (χ0v) is 6.24. The van der Waals surface area contributed by atoms with Crippen molar-refractivity contribution in [2.75, 3.05) is 7.05 Å². The normalized spacial score (nSPS) is 13.7. The number of rotatable bonds is 2. The first-order valence-corrected chi connectivity index (χ1v) is 2.92. The average Bonchev–Trinajstić information content (AvgIpc) is 1.87. The first kappa shape index (κ1) is 8.30. The minimum absolute atomic E-state index is 0.292. The van der Waals surface area contributed by atoms with Crippen LogP contribution in [0.5, 0.6) is 0 Å². The maximum absolute atomic E-state index is 5.53. The van der Waals surface area contributed by atoms with Crippen molar-refractivity contribution in [2.24, 2.45) is 10.8 Å². The first-order chi connectivity index (χ1) is 4.22. The summed E-state index contributed by atoms with van der Waals surface area (Å²) in [6.07, 6.45) is 1.68. The summed E-state index contributed by atoms with van der Waals surface area (Å²) in [5, 5.41) is 3.93. The molecule has 0 aliphatic carbocycles. The van der Waals surface area contributed by atoms with Gasteiger partial charge in [-0.05, 0) is 6.92 Å². The predicted octanol–water partition coefficient (Wildman–Crippen LogP) is 0.621. The molecule has 52 valence electrons. The Morgan fingerprint density at radius 2 is 2.33 bits per heavy atom. The molecule has 0 spiro atoms. The molecule has 0 bridgehead atoms. The van der Waals surface area contributed by atoms with Crippen molar-refractivity contribution in [1.82, 2.24) is 5.43 Å². The van der Waals surface area contributed by atoms with Crippen molar-refractivity contribution < 1.29 is 0 Å². The lowest BCUT2D eigenvalue weighted by atomic mass is 10.5. The molecule has 0 unspecified atom stereocenters. The van der Waals surface area contributed by atoms with Crippen LogP contribution in [-0.4, -0.2) is 12.2 Å². The summed E-state index contributed by atoms with van der Waals surface area (Å²) in [4.78, 5) is 0.